The first-order valence-electron chi connectivity index (χ1n) is 8.10. The summed E-state index contributed by atoms with van der Waals surface area (Å²) in [5, 5.41) is 13.0. The van der Waals surface area contributed by atoms with Gasteiger partial charge in [0.05, 0.1) is 11.5 Å². The molecule has 2 aliphatic rings. The molecule has 0 aromatic carbocycles. The molecule has 0 aliphatic heterocycles. The zero-order valence-corrected chi connectivity index (χ0v) is 13.7. The molecule has 0 saturated heterocycles. The fourth-order valence-corrected chi connectivity index (χ4v) is 4.07. The van der Waals surface area contributed by atoms with Crippen LogP contribution >= 0.6 is 0 Å². The van der Waals surface area contributed by atoms with Gasteiger partial charge in [-0.1, -0.05) is 0 Å². The van der Waals surface area contributed by atoms with Crippen LogP contribution in [0.1, 0.15) is 51.9 Å². The summed E-state index contributed by atoms with van der Waals surface area (Å²) in [6.07, 6.45) is 8.66. The maximum Gasteiger partial charge on any atom is 0.211 e. The first-order chi connectivity index (χ1) is 9.98. The normalized spacial score (nSPS) is 30.9. The van der Waals surface area contributed by atoms with Crippen LogP contribution in [0.25, 0.3) is 0 Å². The third kappa shape index (κ3) is 5.60. The lowest BCUT2D eigenvalue weighted by atomic mass is 9.86. The van der Waals surface area contributed by atoms with Crippen LogP contribution in [-0.2, 0) is 10.0 Å². The van der Waals surface area contributed by atoms with Gasteiger partial charge in [0, 0.05) is 18.5 Å². The number of hydrogen-bond donors (Lipinski definition) is 3. The Morgan fingerprint density at radius 2 is 1.90 bits per heavy atom. The molecule has 0 spiro atoms. The van der Waals surface area contributed by atoms with Crippen LogP contribution in [0.4, 0.5) is 0 Å². The molecule has 5 nitrogen and oxygen atoms in total. The molecule has 1 fully saturated rings. The minimum Gasteiger partial charge on any atom is -0.513 e. The molecule has 0 radical (unpaired) electrons. The lowest BCUT2D eigenvalue weighted by Crippen LogP contribution is -2.41. The topological polar surface area (TPSA) is 78.4 Å². The molecule has 2 rings (SSSR count). The van der Waals surface area contributed by atoms with Crippen molar-refractivity contribution in [2.24, 2.45) is 5.92 Å². The Bertz CT molecular complexity index is 454. The molecule has 0 bridgehead atoms. The second kappa shape index (κ2) is 7.61. The van der Waals surface area contributed by atoms with Crippen molar-refractivity contribution in [2.75, 3.05) is 12.3 Å². The predicted molar refractivity (Wildman–Crippen MR) is 84.7 cm³/mol. The molecular formula is C15H28N2O3S. The van der Waals surface area contributed by atoms with E-state index in [2.05, 4.69) is 10.0 Å². The van der Waals surface area contributed by atoms with Crippen LogP contribution in [0, 0.1) is 5.92 Å². The van der Waals surface area contributed by atoms with E-state index in [1.54, 1.807) is 6.92 Å². The second-order valence-electron chi connectivity index (χ2n) is 6.31. The Kier molecular flexibility index (Phi) is 6.08. The first kappa shape index (κ1) is 16.8. The molecule has 3 N–H and O–H groups in total. The van der Waals surface area contributed by atoms with E-state index in [4.69, 9.17) is 0 Å². The molecule has 6 heteroatoms. The van der Waals surface area contributed by atoms with Gasteiger partial charge in [-0.25, -0.2) is 13.1 Å². The summed E-state index contributed by atoms with van der Waals surface area (Å²) in [5.74, 6) is 1.33. The summed E-state index contributed by atoms with van der Waals surface area (Å²) >= 11 is 0. The molecular weight excluding hydrogens is 288 g/mol. The van der Waals surface area contributed by atoms with Gasteiger partial charge in [0.15, 0.2) is 0 Å². The van der Waals surface area contributed by atoms with Gasteiger partial charge in [0.25, 0.3) is 0 Å². The molecule has 0 aromatic heterocycles. The van der Waals surface area contributed by atoms with Crippen molar-refractivity contribution in [1.82, 2.24) is 10.0 Å². The van der Waals surface area contributed by atoms with E-state index >= 15 is 0 Å². The van der Waals surface area contributed by atoms with Gasteiger partial charge in [-0.05, 0) is 64.0 Å². The zero-order chi connectivity index (χ0) is 15.3. The van der Waals surface area contributed by atoms with E-state index in [9.17, 15) is 13.5 Å². The number of sulfonamides is 1. The van der Waals surface area contributed by atoms with Crippen LogP contribution in [0.2, 0.25) is 0 Å². The molecule has 1 saturated carbocycles. The van der Waals surface area contributed by atoms with Crippen molar-refractivity contribution in [3.8, 4) is 0 Å². The van der Waals surface area contributed by atoms with Crippen LogP contribution < -0.4 is 10.0 Å². The fourth-order valence-electron chi connectivity index (χ4n) is 3.16. The van der Waals surface area contributed by atoms with E-state index in [0.717, 1.165) is 51.5 Å². The molecule has 1 unspecified atom stereocenters. The predicted octanol–water partition coefficient (Wildman–Crippen LogP) is 2.07. The molecule has 21 heavy (non-hydrogen) atoms. The highest BCUT2D eigenvalue weighted by Crippen LogP contribution is 2.25. The van der Waals surface area contributed by atoms with Crippen molar-refractivity contribution >= 4 is 10.0 Å². The average Bonchev–Trinajstić information content (AvgIpc) is 2.48. The molecule has 0 amide bonds. The largest absolute Gasteiger partial charge is 0.513 e. The summed E-state index contributed by atoms with van der Waals surface area (Å²) in [4.78, 5) is 0. The third-order valence-electron chi connectivity index (χ3n) is 4.66. The number of allylic oxidation sites excluding steroid dienone is 1. The van der Waals surface area contributed by atoms with Gasteiger partial charge in [0.2, 0.25) is 10.0 Å². The standard InChI is InChI=1S/C15H28N2O3S/c1-2-21(19,20)17-14-5-3-12(4-6-14)11-16-13-7-9-15(18)10-8-13/h9,12-14,16-18H,2-8,10-11H2,1H3. The Morgan fingerprint density at radius 1 is 1.19 bits per heavy atom. The Hall–Kier alpha value is -0.590. The van der Waals surface area contributed by atoms with Crippen molar-refractivity contribution in [2.45, 2.75) is 64.0 Å². The highest BCUT2D eigenvalue weighted by Gasteiger charge is 2.24. The number of rotatable bonds is 6. The molecule has 0 heterocycles. The van der Waals surface area contributed by atoms with Crippen LogP contribution in [0.3, 0.4) is 0 Å². The number of aliphatic hydroxyl groups excluding tert-OH is 1. The lowest BCUT2D eigenvalue weighted by molar-refractivity contribution is 0.282. The van der Waals surface area contributed by atoms with Gasteiger partial charge >= 0.3 is 0 Å². The monoisotopic (exact) mass is 316 g/mol. The molecule has 122 valence electrons. The van der Waals surface area contributed by atoms with E-state index < -0.39 is 10.0 Å². The number of aliphatic hydroxyl groups is 1. The van der Waals surface area contributed by atoms with Gasteiger partial charge in [-0.15, -0.1) is 0 Å². The van der Waals surface area contributed by atoms with Crippen molar-refractivity contribution in [1.29, 1.82) is 0 Å². The van der Waals surface area contributed by atoms with E-state index in [-0.39, 0.29) is 11.8 Å². The Labute approximate surface area is 128 Å². The minimum absolute atomic E-state index is 0.126. The highest BCUT2D eigenvalue weighted by atomic mass is 32.2. The number of hydrogen-bond acceptors (Lipinski definition) is 4. The van der Waals surface area contributed by atoms with Crippen molar-refractivity contribution < 1.29 is 13.5 Å². The van der Waals surface area contributed by atoms with E-state index in [1.165, 1.54) is 0 Å². The highest BCUT2D eigenvalue weighted by molar-refractivity contribution is 7.89. The summed E-state index contributed by atoms with van der Waals surface area (Å²) < 4.78 is 25.9. The summed E-state index contributed by atoms with van der Waals surface area (Å²) in [6, 6.07) is 0.609. The van der Waals surface area contributed by atoms with Gasteiger partial charge in [0.1, 0.15) is 0 Å². The maximum absolute atomic E-state index is 11.6. The first-order valence-corrected chi connectivity index (χ1v) is 9.75. The van der Waals surface area contributed by atoms with Crippen molar-refractivity contribution in [3.63, 3.8) is 0 Å². The van der Waals surface area contributed by atoms with Crippen LogP contribution in [0.5, 0.6) is 0 Å². The SMILES string of the molecule is CCS(=O)(=O)NC1CCC(CNC2CC=C(O)CC2)CC1. The average molecular weight is 316 g/mol. The summed E-state index contributed by atoms with van der Waals surface area (Å²) in [7, 11) is -3.07. The second-order valence-corrected chi connectivity index (χ2v) is 8.36. The van der Waals surface area contributed by atoms with E-state index in [1.807, 2.05) is 6.08 Å². The zero-order valence-electron chi connectivity index (χ0n) is 12.8. The Morgan fingerprint density at radius 3 is 2.48 bits per heavy atom. The van der Waals surface area contributed by atoms with Crippen LogP contribution in [-0.4, -0.2) is 37.9 Å². The fraction of sp³-hybridized carbons (Fsp3) is 0.867. The smallest absolute Gasteiger partial charge is 0.211 e. The third-order valence-corrected chi connectivity index (χ3v) is 6.11. The summed E-state index contributed by atoms with van der Waals surface area (Å²) in [5.41, 5.74) is 0. The quantitative estimate of drug-likeness (QED) is 0.701. The number of nitrogens with one attached hydrogen (secondary N) is 2. The molecule has 2 aliphatic carbocycles. The maximum atomic E-state index is 11.6. The van der Waals surface area contributed by atoms with Crippen molar-refractivity contribution in [3.05, 3.63) is 11.8 Å². The summed E-state index contributed by atoms with van der Waals surface area (Å²) in [6.45, 7) is 2.68. The molecule has 1 atom stereocenters. The van der Waals surface area contributed by atoms with Gasteiger partial charge < -0.3 is 10.4 Å². The van der Waals surface area contributed by atoms with E-state index in [0.29, 0.717) is 17.7 Å². The van der Waals surface area contributed by atoms with Gasteiger partial charge in [-0.3, -0.25) is 0 Å². The minimum atomic E-state index is -3.07. The Balaban J connectivity index is 1.65. The van der Waals surface area contributed by atoms with Crippen LogP contribution in [0.15, 0.2) is 11.8 Å². The lowest BCUT2D eigenvalue weighted by Gasteiger charge is -2.30. The molecule has 0 aromatic rings. The van der Waals surface area contributed by atoms with Gasteiger partial charge in [-0.2, -0.15) is 0 Å².